The molecule has 29 heavy (non-hydrogen) atoms. The molecule has 0 bridgehead atoms. The number of carbonyl (C=O) groups excluding carboxylic acids is 2. The van der Waals surface area contributed by atoms with Crippen LogP contribution in [-0.4, -0.2) is 16.8 Å². The van der Waals surface area contributed by atoms with Crippen molar-refractivity contribution in [3.63, 3.8) is 0 Å². The zero-order chi connectivity index (χ0) is 20.8. The first kappa shape index (κ1) is 20.7. The Balaban J connectivity index is 1.94. The van der Waals surface area contributed by atoms with E-state index < -0.39 is 17.6 Å². The lowest BCUT2D eigenvalue weighted by molar-refractivity contribution is -0.118. The highest BCUT2D eigenvalue weighted by molar-refractivity contribution is 9.10. The Morgan fingerprint density at radius 1 is 1.00 bits per heavy atom. The van der Waals surface area contributed by atoms with Gasteiger partial charge in [-0.1, -0.05) is 51.8 Å². The normalized spacial score (nSPS) is 11.1. The molecule has 0 saturated carbocycles. The van der Waals surface area contributed by atoms with Gasteiger partial charge in [0.15, 0.2) is 0 Å². The Morgan fingerprint density at radius 2 is 1.72 bits per heavy atom. The van der Waals surface area contributed by atoms with Gasteiger partial charge < -0.3 is 10.6 Å². The van der Waals surface area contributed by atoms with Crippen molar-refractivity contribution in [2.24, 2.45) is 0 Å². The second-order valence-electron chi connectivity index (χ2n) is 5.84. The second kappa shape index (κ2) is 9.45. The van der Waals surface area contributed by atoms with Gasteiger partial charge in [0, 0.05) is 21.9 Å². The van der Waals surface area contributed by atoms with Crippen molar-refractivity contribution in [2.45, 2.75) is 0 Å². The molecule has 5 nitrogen and oxygen atoms in total. The first-order valence-electron chi connectivity index (χ1n) is 8.39. The third-order valence-electron chi connectivity index (χ3n) is 3.79. The summed E-state index contributed by atoms with van der Waals surface area (Å²) < 4.78 is 14.6. The van der Waals surface area contributed by atoms with Gasteiger partial charge in [0.1, 0.15) is 16.5 Å². The first-order chi connectivity index (χ1) is 13.9. The fraction of sp³-hybridized carbons (Fsp3) is 0. The van der Waals surface area contributed by atoms with Crippen LogP contribution in [0.4, 0.5) is 15.8 Å². The van der Waals surface area contributed by atoms with Crippen LogP contribution in [0.2, 0.25) is 5.15 Å². The van der Waals surface area contributed by atoms with Crippen LogP contribution in [0, 0.1) is 5.82 Å². The number of halogens is 3. The van der Waals surface area contributed by atoms with E-state index in [2.05, 4.69) is 31.5 Å². The molecule has 1 heterocycles. The van der Waals surface area contributed by atoms with E-state index >= 15 is 0 Å². The first-order valence-corrected chi connectivity index (χ1v) is 9.56. The Labute approximate surface area is 179 Å². The molecule has 2 amide bonds. The van der Waals surface area contributed by atoms with Crippen molar-refractivity contribution in [3.05, 3.63) is 93.4 Å². The van der Waals surface area contributed by atoms with Crippen molar-refractivity contribution in [1.29, 1.82) is 0 Å². The Kier molecular flexibility index (Phi) is 6.74. The standard InChI is InChI=1S/C21H14BrClFN3O2/c22-14-8-9-18(17(24)12-14)27-21(29)16(11-13-5-4-10-25-19(13)23)20(28)26-15-6-2-1-3-7-15/h1-12H,(H,26,28)(H,27,29)/b16-11+. The monoisotopic (exact) mass is 473 g/mol. The van der Waals surface area contributed by atoms with Crippen molar-refractivity contribution in [1.82, 2.24) is 4.98 Å². The molecule has 0 radical (unpaired) electrons. The van der Waals surface area contributed by atoms with Crippen molar-refractivity contribution >= 4 is 56.8 Å². The van der Waals surface area contributed by atoms with Crippen LogP contribution in [0.5, 0.6) is 0 Å². The van der Waals surface area contributed by atoms with Crippen LogP contribution in [-0.2, 0) is 9.59 Å². The van der Waals surface area contributed by atoms with Crippen LogP contribution < -0.4 is 10.6 Å². The van der Waals surface area contributed by atoms with Crippen LogP contribution in [0.25, 0.3) is 6.08 Å². The lowest BCUT2D eigenvalue weighted by Gasteiger charge is -2.11. The summed E-state index contributed by atoms with van der Waals surface area (Å²) in [5.41, 5.74) is 0.557. The maximum Gasteiger partial charge on any atom is 0.261 e. The molecule has 146 valence electrons. The second-order valence-corrected chi connectivity index (χ2v) is 7.11. The van der Waals surface area contributed by atoms with Crippen molar-refractivity contribution in [3.8, 4) is 0 Å². The molecule has 1 aromatic heterocycles. The molecule has 0 unspecified atom stereocenters. The van der Waals surface area contributed by atoms with Crippen LogP contribution in [0.3, 0.4) is 0 Å². The number of aromatic nitrogens is 1. The average Bonchev–Trinajstić information content (AvgIpc) is 2.70. The zero-order valence-electron chi connectivity index (χ0n) is 14.8. The predicted octanol–water partition coefficient (Wildman–Crippen LogP) is 5.30. The van der Waals surface area contributed by atoms with E-state index in [1.165, 1.54) is 24.4 Å². The molecule has 0 atom stereocenters. The summed E-state index contributed by atoms with van der Waals surface area (Å²) in [5.74, 6) is -2.11. The molecule has 2 N–H and O–H groups in total. The van der Waals surface area contributed by atoms with Gasteiger partial charge in [-0.25, -0.2) is 9.37 Å². The van der Waals surface area contributed by atoms with Gasteiger partial charge in [0.25, 0.3) is 11.8 Å². The average molecular weight is 475 g/mol. The highest BCUT2D eigenvalue weighted by Crippen LogP contribution is 2.22. The number of pyridine rings is 1. The summed E-state index contributed by atoms with van der Waals surface area (Å²) in [6.07, 6.45) is 2.79. The van der Waals surface area contributed by atoms with E-state index in [1.54, 1.807) is 48.5 Å². The third kappa shape index (κ3) is 5.49. The highest BCUT2D eigenvalue weighted by Gasteiger charge is 2.21. The minimum Gasteiger partial charge on any atom is -0.322 e. The Hall–Kier alpha value is -3.03. The maximum atomic E-state index is 14.1. The summed E-state index contributed by atoms with van der Waals surface area (Å²) in [7, 11) is 0. The Morgan fingerprint density at radius 3 is 2.41 bits per heavy atom. The van der Waals surface area contributed by atoms with Gasteiger partial charge in [0.05, 0.1) is 5.69 Å². The lowest BCUT2D eigenvalue weighted by atomic mass is 10.1. The van der Waals surface area contributed by atoms with Crippen LogP contribution >= 0.6 is 27.5 Å². The summed E-state index contributed by atoms with van der Waals surface area (Å²) in [6, 6.07) is 16.0. The molecule has 2 aromatic carbocycles. The van der Waals surface area contributed by atoms with Gasteiger partial charge in [-0.3, -0.25) is 9.59 Å². The molecule has 0 saturated heterocycles. The van der Waals surface area contributed by atoms with E-state index in [0.717, 1.165) is 0 Å². The van der Waals surface area contributed by atoms with Gasteiger partial charge >= 0.3 is 0 Å². The number of hydrogen-bond donors (Lipinski definition) is 2. The molecule has 0 aliphatic heterocycles. The van der Waals surface area contributed by atoms with Gasteiger partial charge in [-0.05, 0) is 42.5 Å². The number of hydrogen-bond acceptors (Lipinski definition) is 3. The zero-order valence-corrected chi connectivity index (χ0v) is 17.2. The summed E-state index contributed by atoms with van der Waals surface area (Å²) >= 11 is 9.21. The molecule has 0 aliphatic carbocycles. The minimum atomic E-state index is -0.792. The molecule has 3 aromatic rings. The number of para-hydroxylation sites is 1. The smallest absolute Gasteiger partial charge is 0.261 e. The molecule has 0 aliphatic rings. The summed E-state index contributed by atoms with van der Waals surface area (Å²) in [4.78, 5) is 29.5. The van der Waals surface area contributed by atoms with E-state index in [1.807, 2.05) is 0 Å². The molecule has 0 fully saturated rings. The quantitative estimate of drug-likeness (QED) is 0.228. The topological polar surface area (TPSA) is 71.1 Å². The minimum absolute atomic E-state index is 0.0612. The third-order valence-corrected chi connectivity index (χ3v) is 4.60. The fourth-order valence-electron chi connectivity index (χ4n) is 2.40. The number of rotatable bonds is 5. The van der Waals surface area contributed by atoms with Crippen molar-refractivity contribution in [2.75, 3.05) is 10.6 Å². The van der Waals surface area contributed by atoms with E-state index in [9.17, 15) is 14.0 Å². The van der Waals surface area contributed by atoms with E-state index in [-0.39, 0.29) is 16.4 Å². The number of benzene rings is 2. The van der Waals surface area contributed by atoms with Crippen LogP contribution in [0.15, 0.2) is 76.9 Å². The SMILES string of the molecule is O=C(Nc1ccccc1)/C(=C\c1cccnc1Cl)C(=O)Nc1ccc(Br)cc1F. The van der Waals surface area contributed by atoms with Gasteiger partial charge in [-0.15, -0.1) is 0 Å². The highest BCUT2D eigenvalue weighted by atomic mass is 79.9. The number of amides is 2. The number of carbonyl (C=O) groups is 2. The molecule has 3 rings (SSSR count). The van der Waals surface area contributed by atoms with E-state index in [4.69, 9.17) is 11.6 Å². The molecule has 8 heteroatoms. The number of nitrogens with one attached hydrogen (secondary N) is 2. The number of anilines is 2. The summed E-state index contributed by atoms with van der Waals surface area (Å²) in [5, 5.41) is 5.18. The molecular formula is C21H14BrClFN3O2. The van der Waals surface area contributed by atoms with E-state index in [0.29, 0.717) is 15.7 Å². The maximum absolute atomic E-state index is 14.1. The Bertz CT molecular complexity index is 1090. The van der Waals surface area contributed by atoms with Crippen molar-refractivity contribution < 1.29 is 14.0 Å². The fourth-order valence-corrected chi connectivity index (χ4v) is 2.90. The predicted molar refractivity (Wildman–Crippen MR) is 115 cm³/mol. The summed E-state index contributed by atoms with van der Waals surface area (Å²) in [6.45, 7) is 0. The van der Waals surface area contributed by atoms with Gasteiger partial charge in [-0.2, -0.15) is 0 Å². The number of nitrogens with zero attached hydrogens (tertiary/aromatic N) is 1. The largest absolute Gasteiger partial charge is 0.322 e. The lowest BCUT2D eigenvalue weighted by Crippen LogP contribution is -2.25. The van der Waals surface area contributed by atoms with Crippen LogP contribution in [0.1, 0.15) is 5.56 Å². The molecular weight excluding hydrogens is 461 g/mol. The van der Waals surface area contributed by atoms with Gasteiger partial charge in [0.2, 0.25) is 0 Å². The molecule has 0 spiro atoms.